The van der Waals surface area contributed by atoms with Crippen molar-refractivity contribution in [2.45, 2.75) is 63.2 Å². The second-order valence-corrected chi connectivity index (χ2v) is 7.66. The summed E-state index contributed by atoms with van der Waals surface area (Å²) < 4.78 is 11.1. The highest BCUT2D eigenvalue weighted by Crippen LogP contribution is 2.37. The molecule has 25 heavy (non-hydrogen) atoms. The second-order valence-electron chi connectivity index (χ2n) is 7.66. The van der Waals surface area contributed by atoms with Crippen LogP contribution in [-0.4, -0.2) is 79.9 Å². The zero-order valence-electron chi connectivity index (χ0n) is 15.8. The predicted molar refractivity (Wildman–Crippen MR) is 112 cm³/mol. The first-order valence-electron chi connectivity index (χ1n) is 9.57. The molecule has 1 unspecified atom stereocenters. The third-order valence-electron chi connectivity index (χ3n) is 6.08. The summed E-state index contributed by atoms with van der Waals surface area (Å²) >= 11 is 0. The van der Waals surface area contributed by atoms with Crippen molar-refractivity contribution in [2.24, 2.45) is 10.7 Å². The first-order valence-corrected chi connectivity index (χ1v) is 9.57. The summed E-state index contributed by atoms with van der Waals surface area (Å²) in [4.78, 5) is 9.69. The topological polar surface area (TPSA) is 63.3 Å². The lowest BCUT2D eigenvalue weighted by molar-refractivity contribution is -0.00116. The van der Waals surface area contributed by atoms with Gasteiger partial charge in [-0.25, -0.2) is 0 Å². The number of nitrogens with two attached hydrogens (primary N) is 1. The Morgan fingerprint density at radius 3 is 2.52 bits per heavy atom. The fraction of sp³-hybridized carbons (Fsp3) is 0.944. The van der Waals surface area contributed by atoms with Gasteiger partial charge in [-0.15, -0.1) is 24.0 Å². The van der Waals surface area contributed by atoms with Gasteiger partial charge in [-0.05, 0) is 32.6 Å². The lowest BCUT2D eigenvalue weighted by Gasteiger charge is -2.44. The summed E-state index contributed by atoms with van der Waals surface area (Å²) in [6.07, 6.45) is 8.07. The molecule has 2 heterocycles. The van der Waals surface area contributed by atoms with Crippen molar-refractivity contribution in [1.29, 1.82) is 0 Å². The fourth-order valence-corrected chi connectivity index (χ4v) is 4.53. The molecule has 0 radical (unpaired) electrons. The molecule has 3 fully saturated rings. The summed E-state index contributed by atoms with van der Waals surface area (Å²) in [5.41, 5.74) is 6.53. The molecule has 0 aromatic heterocycles. The average Bonchev–Trinajstić information content (AvgIpc) is 3.10. The molecule has 1 aliphatic carbocycles. The highest BCUT2D eigenvalue weighted by molar-refractivity contribution is 14.0. The van der Waals surface area contributed by atoms with Crippen molar-refractivity contribution in [2.75, 3.05) is 46.4 Å². The fourth-order valence-electron chi connectivity index (χ4n) is 4.53. The molecule has 0 spiro atoms. The van der Waals surface area contributed by atoms with Gasteiger partial charge >= 0.3 is 0 Å². The van der Waals surface area contributed by atoms with Crippen LogP contribution in [0.1, 0.15) is 45.4 Å². The number of halogens is 1. The van der Waals surface area contributed by atoms with Crippen LogP contribution in [0.4, 0.5) is 0 Å². The Morgan fingerprint density at radius 2 is 1.92 bits per heavy atom. The summed E-state index contributed by atoms with van der Waals surface area (Å²) in [5.74, 6) is 0.697. The SMILES string of the molecule is COC1CCN(C2(CN=C(N)N3CCOC(C)C3)CCCC2)CC1.I. The molecule has 0 aromatic rings. The number of rotatable bonds is 4. The molecule has 3 aliphatic rings. The van der Waals surface area contributed by atoms with E-state index in [4.69, 9.17) is 20.2 Å². The van der Waals surface area contributed by atoms with E-state index in [1.165, 1.54) is 25.7 Å². The minimum Gasteiger partial charge on any atom is -0.381 e. The molecule has 2 N–H and O–H groups in total. The molecule has 0 bridgehead atoms. The van der Waals surface area contributed by atoms with Gasteiger partial charge in [0, 0.05) is 38.8 Å². The van der Waals surface area contributed by atoms with Crippen molar-refractivity contribution >= 4 is 29.9 Å². The third-order valence-corrected chi connectivity index (χ3v) is 6.08. The largest absolute Gasteiger partial charge is 0.381 e. The van der Waals surface area contributed by atoms with Gasteiger partial charge in [-0.3, -0.25) is 9.89 Å². The quantitative estimate of drug-likeness (QED) is 0.391. The van der Waals surface area contributed by atoms with Gasteiger partial charge in [-0.2, -0.15) is 0 Å². The van der Waals surface area contributed by atoms with Crippen LogP contribution in [0.3, 0.4) is 0 Å². The van der Waals surface area contributed by atoms with E-state index in [2.05, 4.69) is 16.7 Å². The molecule has 0 aromatic carbocycles. The predicted octanol–water partition coefficient (Wildman–Crippen LogP) is 2.06. The Labute approximate surface area is 169 Å². The number of piperidine rings is 1. The molecule has 7 heteroatoms. The van der Waals surface area contributed by atoms with E-state index in [9.17, 15) is 0 Å². The summed E-state index contributed by atoms with van der Waals surface area (Å²) in [6.45, 7) is 7.63. The van der Waals surface area contributed by atoms with E-state index in [1.807, 2.05) is 7.11 Å². The van der Waals surface area contributed by atoms with Gasteiger partial charge in [0.2, 0.25) is 0 Å². The van der Waals surface area contributed by atoms with Crippen molar-refractivity contribution in [3.63, 3.8) is 0 Å². The number of hydrogen-bond acceptors (Lipinski definition) is 4. The molecule has 1 saturated carbocycles. The Bertz CT molecular complexity index is 435. The van der Waals surface area contributed by atoms with Crippen LogP contribution in [0.25, 0.3) is 0 Å². The Hall–Kier alpha value is -0.120. The lowest BCUT2D eigenvalue weighted by atomic mass is 9.91. The number of aliphatic imine (C=N–C) groups is 1. The molecule has 2 saturated heterocycles. The third kappa shape index (κ3) is 5.20. The lowest BCUT2D eigenvalue weighted by Crippen LogP contribution is -2.54. The van der Waals surface area contributed by atoms with Crippen molar-refractivity contribution in [1.82, 2.24) is 9.80 Å². The highest BCUT2D eigenvalue weighted by Gasteiger charge is 2.41. The van der Waals surface area contributed by atoms with Gasteiger partial charge in [0.05, 0.1) is 25.4 Å². The van der Waals surface area contributed by atoms with Crippen LogP contribution in [-0.2, 0) is 9.47 Å². The van der Waals surface area contributed by atoms with Crippen LogP contribution in [0, 0.1) is 0 Å². The number of ether oxygens (including phenoxy) is 2. The maximum atomic E-state index is 6.30. The first-order chi connectivity index (χ1) is 11.6. The molecule has 146 valence electrons. The van der Waals surface area contributed by atoms with Gasteiger partial charge in [0.15, 0.2) is 5.96 Å². The van der Waals surface area contributed by atoms with Crippen LogP contribution >= 0.6 is 24.0 Å². The van der Waals surface area contributed by atoms with E-state index in [0.29, 0.717) is 12.1 Å². The Balaban J connectivity index is 0.00000225. The molecular weight excluding hydrogens is 431 g/mol. The zero-order chi connectivity index (χ0) is 17.0. The van der Waals surface area contributed by atoms with Crippen molar-refractivity contribution in [3.8, 4) is 0 Å². The maximum Gasteiger partial charge on any atom is 0.191 e. The second kappa shape index (κ2) is 9.71. The van der Waals surface area contributed by atoms with Crippen molar-refractivity contribution in [3.05, 3.63) is 0 Å². The summed E-state index contributed by atoms with van der Waals surface area (Å²) in [7, 11) is 1.83. The van der Waals surface area contributed by atoms with Gasteiger partial charge in [0.25, 0.3) is 0 Å². The smallest absolute Gasteiger partial charge is 0.191 e. The number of methoxy groups -OCH3 is 1. The van der Waals surface area contributed by atoms with Crippen LogP contribution in [0.5, 0.6) is 0 Å². The molecule has 3 rings (SSSR count). The number of nitrogens with zero attached hydrogens (tertiary/aromatic N) is 3. The first kappa shape index (κ1) is 21.2. The molecule has 1 atom stereocenters. The Kier molecular flexibility index (Phi) is 8.23. The van der Waals surface area contributed by atoms with Crippen molar-refractivity contribution < 1.29 is 9.47 Å². The van der Waals surface area contributed by atoms with E-state index in [-0.39, 0.29) is 35.6 Å². The monoisotopic (exact) mass is 466 g/mol. The minimum absolute atomic E-state index is 0. The van der Waals surface area contributed by atoms with E-state index in [1.54, 1.807) is 0 Å². The van der Waals surface area contributed by atoms with E-state index < -0.39 is 0 Å². The standard InChI is InChI=1S/C18H34N4O2.HI/c1-15-13-21(11-12-24-15)17(19)20-14-18(7-3-4-8-18)22-9-5-16(23-2)6-10-22;/h15-16H,3-14H2,1-2H3,(H2,19,20);1H. The molecular formula is C18H35IN4O2. The zero-order valence-corrected chi connectivity index (χ0v) is 18.1. The summed E-state index contributed by atoms with van der Waals surface area (Å²) in [5, 5.41) is 0. The molecule has 6 nitrogen and oxygen atoms in total. The summed E-state index contributed by atoms with van der Waals surface area (Å²) in [6, 6.07) is 0. The van der Waals surface area contributed by atoms with Crippen LogP contribution < -0.4 is 5.73 Å². The molecule has 2 aliphatic heterocycles. The minimum atomic E-state index is 0. The normalized spacial score (nSPS) is 28.8. The number of guanidine groups is 1. The highest BCUT2D eigenvalue weighted by atomic mass is 127. The maximum absolute atomic E-state index is 6.30. The van der Waals surface area contributed by atoms with E-state index >= 15 is 0 Å². The number of hydrogen-bond donors (Lipinski definition) is 1. The number of likely N-dealkylation sites (tertiary alicyclic amines) is 1. The van der Waals surface area contributed by atoms with Gasteiger partial charge < -0.3 is 20.1 Å². The molecule has 0 amide bonds. The van der Waals surface area contributed by atoms with Crippen LogP contribution in [0.15, 0.2) is 4.99 Å². The average molecular weight is 466 g/mol. The number of morpholine rings is 1. The van der Waals surface area contributed by atoms with Gasteiger partial charge in [0.1, 0.15) is 0 Å². The Morgan fingerprint density at radius 1 is 1.24 bits per heavy atom. The van der Waals surface area contributed by atoms with E-state index in [0.717, 1.165) is 52.2 Å². The van der Waals surface area contributed by atoms with Gasteiger partial charge in [-0.1, -0.05) is 12.8 Å². The van der Waals surface area contributed by atoms with Crippen LogP contribution in [0.2, 0.25) is 0 Å².